The van der Waals surface area contributed by atoms with Crippen LogP contribution in [0.15, 0.2) is 65.5 Å². The minimum atomic E-state index is -1.15. The van der Waals surface area contributed by atoms with E-state index in [-0.39, 0.29) is 5.56 Å². The molecule has 28 heavy (non-hydrogen) atoms. The Kier molecular flexibility index (Phi) is 6.52. The van der Waals surface area contributed by atoms with E-state index in [4.69, 9.17) is 11.6 Å². The molecule has 1 aromatic heterocycles. The number of aromatic nitrogens is 2. The summed E-state index contributed by atoms with van der Waals surface area (Å²) in [5.41, 5.74) is 3.19. The number of aryl methyl sites for hydroxylation is 1. The van der Waals surface area contributed by atoms with Crippen LogP contribution in [0, 0.1) is 0 Å². The van der Waals surface area contributed by atoms with E-state index < -0.39 is 8.07 Å². The molecule has 0 spiro atoms. The Morgan fingerprint density at radius 2 is 1.57 bits per heavy atom. The fourth-order valence-electron chi connectivity index (χ4n) is 3.32. The Morgan fingerprint density at radius 1 is 0.964 bits per heavy atom. The molecule has 0 fully saturated rings. The van der Waals surface area contributed by atoms with Crippen molar-refractivity contribution in [1.82, 2.24) is 9.55 Å². The molecule has 0 saturated carbocycles. The third kappa shape index (κ3) is 5.21. The first-order valence-corrected chi connectivity index (χ1v) is 13.8. The molecule has 3 nitrogen and oxygen atoms in total. The summed E-state index contributed by atoms with van der Waals surface area (Å²) in [5, 5.41) is 0.393. The van der Waals surface area contributed by atoms with Crippen molar-refractivity contribution in [2.75, 3.05) is 0 Å². The Bertz CT molecular complexity index is 979. The predicted molar refractivity (Wildman–Crippen MR) is 121 cm³/mol. The average molecular weight is 411 g/mol. The largest absolute Gasteiger partial charge is 0.299 e. The molecule has 0 aliphatic heterocycles. The van der Waals surface area contributed by atoms with Crippen molar-refractivity contribution >= 4 is 19.7 Å². The Morgan fingerprint density at radius 3 is 2.18 bits per heavy atom. The Labute approximate surface area is 173 Å². The quantitative estimate of drug-likeness (QED) is 0.455. The number of halogens is 1. The van der Waals surface area contributed by atoms with Gasteiger partial charge in [0, 0.05) is 13.6 Å². The maximum Gasteiger partial charge on any atom is 0.273 e. The molecule has 3 rings (SSSR count). The minimum absolute atomic E-state index is 0.0392. The van der Waals surface area contributed by atoms with Crippen molar-refractivity contribution in [3.63, 3.8) is 0 Å². The lowest BCUT2D eigenvalue weighted by Gasteiger charge is -2.18. The number of hydrogen-bond donors (Lipinski definition) is 0. The van der Waals surface area contributed by atoms with Crippen LogP contribution in [0.25, 0.3) is 11.3 Å². The van der Waals surface area contributed by atoms with Gasteiger partial charge in [0.15, 0.2) is 5.15 Å². The van der Waals surface area contributed by atoms with Gasteiger partial charge < -0.3 is 0 Å². The molecular formula is C23H27ClN2OSi. The third-order valence-corrected chi connectivity index (χ3v) is 6.88. The van der Waals surface area contributed by atoms with E-state index in [2.05, 4.69) is 24.6 Å². The second-order valence-electron chi connectivity index (χ2n) is 8.36. The minimum Gasteiger partial charge on any atom is -0.299 e. The van der Waals surface area contributed by atoms with E-state index >= 15 is 0 Å². The molecule has 0 amide bonds. The molecule has 0 unspecified atom stereocenters. The summed E-state index contributed by atoms with van der Waals surface area (Å²) in [6, 6.07) is 21.0. The van der Waals surface area contributed by atoms with Gasteiger partial charge >= 0.3 is 0 Å². The van der Waals surface area contributed by atoms with Gasteiger partial charge in [-0.3, -0.25) is 9.36 Å². The fourth-order valence-corrected chi connectivity index (χ4v) is 4.88. The smallest absolute Gasteiger partial charge is 0.273 e. The molecule has 5 heteroatoms. The van der Waals surface area contributed by atoms with Crippen molar-refractivity contribution in [3.8, 4) is 11.3 Å². The van der Waals surface area contributed by atoms with E-state index in [1.165, 1.54) is 6.04 Å². The summed E-state index contributed by atoms with van der Waals surface area (Å²) in [6.45, 7) is 7.52. The maximum atomic E-state index is 13.3. The number of nitrogens with zero attached hydrogens (tertiary/aromatic N) is 2. The molecule has 0 N–H and O–H groups in total. The van der Waals surface area contributed by atoms with Crippen LogP contribution in [0.1, 0.15) is 17.7 Å². The molecule has 146 valence electrons. The van der Waals surface area contributed by atoms with Crippen molar-refractivity contribution < 1.29 is 0 Å². The van der Waals surface area contributed by atoms with Crippen molar-refractivity contribution in [1.29, 1.82) is 0 Å². The highest BCUT2D eigenvalue weighted by atomic mass is 35.5. The van der Waals surface area contributed by atoms with Gasteiger partial charge in [0.1, 0.15) is 5.69 Å². The highest BCUT2D eigenvalue weighted by Crippen LogP contribution is 2.26. The van der Waals surface area contributed by atoms with E-state index in [0.717, 1.165) is 17.5 Å². The van der Waals surface area contributed by atoms with E-state index in [0.29, 0.717) is 29.5 Å². The molecule has 2 aromatic carbocycles. The van der Waals surface area contributed by atoms with Gasteiger partial charge in [-0.05, 0) is 18.4 Å². The highest BCUT2D eigenvalue weighted by molar-refractivity contribution is 6.76. The zero-order valence-corrected chi connectivity index (χ0v) is 18.5. The average Bonchev–Trinajstić information content (AvgIpc) is 2.66. The molecule has 0 saturated heterocycles. The summed E-state index contributed by atoms with van der Waals surface area (Å²) in [4.78, 5) is 17.8. The number of rotatable bonds is 7. The lowest BCUT2D eigenvalue weighted by atomic mass is 10.1. The first kappa shape index (κ1) is 20.6. The van der Waals surface area contributed by atoms with E-state index in [9.17, 15) is 4.79 Å². The van der Waals surface area contributed by atoms with Crippen molar-refractivity contribution in [3.05, 3.63) is 87.4 Å². The zero-order chi connectivity index (χ0) is 20.1. The van der Waals surface area contributed by atoms with Crippen molar-refractivity contribution in [2.24, 2.45) is 0 Å². The van der Waals surface area contributed by atoms with E-state index in [1.807, 2.05) is 60.7 Å². The Balaban J connectivity index is 2.05. The monoisotopic (exact) mass is 410 g/mol. The van der Waals surface area contributed by atoms with Crippen LogP contribution < -0.4 is 5.56 Å². The normalized spacial score (nSPS) is 11.6. The second-order valence-corrected chi connectivity index (χ2v) is 14.3. The molecular weight excluding hydrogens is 384 g/mol. The SMILES string of the molecule is C[Si](C)(C)CCCc1nc(Cl)c(-c2ccccc2)n(Cc2ccccc2)c1=O. The predicted octanol–water partition coefficient (Wildman–Crippen LogP) is 5.88. The maximum absolute atomic E-state index is 13.3. The van der Waals surface area contributed by atoms with Crippen LogP contribution in [0.2, 0.25) is 30.8 Å². The molecule has 0 aliphatic carbocycles. The van der Waals surface area contributed by atoms with Crippen LogP contribution in [0.3, 0.4) is 0 Å². The third-order valence-electron chi connectivity index (χ3n) is 4.76. The number of hydrogen-bond acceptors (Lipinski definition) is 2. The molecule has 0 radical (unpaired) electrons. The van der Waals surface area contributed by atoms with Gasteiger partial charge in [0.05, 0.1) is 12.2 Å². The molecule has 1 heterocycles. The van der Waals surface area contributed by atoms with Crippen LogP contribution in [0.5, 0.6) is 0 Å². The molecule has 0 bridgehead atoms. The van der Waals surface area contributed by atoms with Crippen LogP contribution in [0.4, 0.5) is 0 Å². The van der Waals surface area contributed by atoms with Crippen molar-refractivity contribution in [2.45, 2.75) is 45.1 Å². The van der Waals surface area contributed by atoms with Gasteiger partial charge in [0.2, 0.25) is 0 Å². The lowest BCUT2D eigenvalue weighted by Crippen LogP contribution is -2.28. The topological polar surface area (TPSA) is 34.9 Å². The van der Waals surface area contributed by atoms with Gasteiger partial charge in [0.25, 0.3) is 5.56 Å². The van der Waals surface area contributed by atoms with Gasteiger partial charge in [-0.15, -0.1) is 0 Å². The van der Waals surface area contributed by atoms with Crippen LogP contribution >= 0.6 is 11.6 Å². The first-order valence-electron chi connectivity index (χ1n) is 9.74. The summed E-state index contributed by atoms with van der Waals surface area (Å²) in [5.74, 6) is 0. The standard InChI is InChI=1S/C23H27ClN2OSi/c1-28(2,3)16-10-15-20-23(27)26(17-18-11-6-4-7-12-18)21(22(24)25-20)19-13-8-5-9-14-19/h4-9,11-14H,10,15-17H2,1-3H3. The summed E-state index contributed by atoms with van der Waals surface area (Å²) < 4.78 is 1.78. The molecule has 0 atom stereocenters. The Hall–Kier alpha value is -2.17. The lowest BCUT2D eigenvalue weighted by molar-refractivity contribution is 0.723. The molecule has 0 aliphatic rings. The second kappa shape index (κ2) is 8.89. The summed E-state index contributed by atoms with van der Waals surface area (Å²) in [6.07, 6.45) is 1.65. The molecule has 3 aromatic rings. The van der Waals surface area contributed by atoms with Crippen LogP contribution in [-0.2, 0) is 13.0 Å². The zero-order valence-electron chi connectivity index (χ0n) is 16.8. The van der Waals surface area contributed by atoms with Gasteiger partial charge in [-0.25, -0.2) is 4.98 Å². The van der Waals surface area contributed by atoms with Gasteiger partial charge in [-0.1, -0.05) is 97.9 Å². The van der Waals surface area contributed by atoms with E-state index in [1.54, 1.807) is 4.57 Å². The summed E-state index contributed by atoms with van der Waals surface area (Å²) >= 11 is 6.61. The van der Waals surface area contributed by atoms with Gasteiger partial charge in [-0.2, -0.15) is 0 Å². The van der Waals surface area contributed by atoms with Crippen LogP contribution in [-0.4, -0.2) is 17.6 Å². The summed E-state index contributed by atoms with van der Waals surface area (Å²) in [7, 11) is -1.15. The fraction of sp³-hybridized carbons (Fsp3) is 0.304. The number of benzene rings is 2. The highest BCUT2D eigenvalue weighted by Gasteiger charge is 2.18. The first-order chi connectivity index (χ1) is 13.3.